The van der Waals surface area contributed by atoms with Gasteiger partial charge in [0.05, 0.1) is 11.5 Å². The molecule has 0 fully saturated rings. The van der Waals surface area contributed by atoms with E-state index >= 15 is 0 Å². The molecule has 1 unspecified atom stereocenters. The second kappa shape index (κ2) is 7.06. The van der Waals surface area contributed by atoms with Gasteiger partial charge in [-0.25, -0.2) is 5.10 Å². The number of ether oxygens (including phenoxy) is 1. The van der Waals surface area contributed by atoms with Gasteiger partial charge >= 0.3 is 0 Å². The summed E-state index contributed by atoms with van der Waals surface area (Å²) >= 11 is 0. The maximum absolute atomic E-state index is 12.5. The molecule has 0 aliphatic heterocycles. The number of hydrogen-bond donors (Lipinski definition) is 2. The number of carbonyl (C=O) groups is 1. The average molecular weight is 323 g/mol. The molecule has 1 heterocycles. The number of methoxy groups -OCH3 is 1. The SMILES string of the molecule is COC(CNC(=O)c1n[nH]c(=O)c2ccccc12)c1ccccc1. The van der Waals surface area contributed by atoms with Gasteiger partial charge in [0, 0.05) is 19.0 Å². The number of rotatable bonds is 5. The van der Waals surface area contributed by atoms with Crippen LogP contribution in [-0.2, 0) is 4.74 Å². The summed E-state index contributed by atoms with van der Waals surface area (Å²) < 4.78 is 5.44. The fourth-order valence-electron chi connectivity index (χ4n) is 2.56. The molecule has 0 saturated carbocycles. The average Bonchev–Trinajstić information content (AvgIpc) is 2.63. The zero-order valence-electron chi connectivity index (χ0n) is 13.2. The zero-order valence-corrected chi connectivity index (χ0v) is 13.2. The quantitative estimate of drug-likeness (QED) is 0.752. The van der Waals surface area contributed by atoms with Crippen LogP contribution in [0, 0.1) is 0 Å². The fraction of sp³-hybridized carbons (Fsp3) is 0.167. The molecule has 6 nitrogen and oxygen atoms in total. The lowest BCUT2D eigenvalue weighted by Gasteiger charge is -2.16. The van der Waals surface area contributed by atoms with Crippen LogP contribution in [0.4, 0.5) is 0 Å². The molecule has 1 atom stereocenters. The van der Waals surface area contributed by atoms with Crippen LogP contribution in [-0.4, -0.2) is 29.8 Å². The molecule has 3 aromatic rings. The molecule has 122 valence electrons. The second-order valence-corrected chi connectivity index (χ2v) is 5.29. The van der Waals surface area contributed by atoms with E-state index in [-0.39, 0.29) is 23.3 Å². The van der Waals surface area contributed by atoms with Crippen molar-refractivity contribution in [2.45, 2.75) is 6.10 Å². The lowest BCUT2D eigenvalue weighted by molar-refractivity contribution is 0.0825. The second-order valence-electron chi connectivity index (χ2n) is 5.29. The van der Waals surface area contributed by atoms with E-state index in [1.165, 1.54) is 0 Å². The largest absolute Gasteiger partial charge is 0.375 e. The van der Waals surface area contributed by atoms with Crippen molar-refractivity contribution in [3.05, 3.63) is 76.2 Å². The van der Waals surface area contributed by atoms with E-state index < -0.39 is 0 Å². The van der Waals surface area contributed by atoms with Gasteiger partial charge in [-0.1, -0.05) is 48.5 Å². The molecule has 1 aromatic heterocycles. The third-order valence-electron chi connectivity index (χ3n) is 3.82. The topological polar surface area (TPSA) is 84.1 Å². The van der Waals surface area contributed by atoms with E-state index in [2.05, 4.69) is 15.5 Å². The highest BCUT2D eigenvalue weighted by Gasteiger charge is 2.16. The third kappa shape index (κ3) is 3.18. The van der Waals surface area contributed by atoms with E-state index in [1.807, 2.05) is 30.3 Å². The van der Waals surface area contributed by atoms with Crippen LogP contribution in [0.5, 0.6) is 0 Å². The molecule has 0 spiro atoms. The number of aromatic nitrogens is 2. The van der Waals surface area contributed by atoms with Gasteiger partial charge in [-0.15, -0.1) is 0 Å². The minimum absolute atomic E-state index is 0.188. The number of fused-ring (bicyclic) bond motifs is 1. The number of benzene rings is 2. The molecule has 3 rings (SSSR count). The van der Waals surface area contributed by atoms with E-state index in [4.69, 9.17) is 4.74 Å². The Bertz CT molecular complexity index is 906. The smallest absolute Gasteiger partial charge is 0.272 e. The summed E-state index contributed by atoms with van der Waals surface area (Å²) in [5.74, 6) is -0.361. The summed E-state index contributed by atoms with van der Waals surface area (Å²) in [6.45, 7) is 0.300. The number of amides is 1. The van der Waals surface area contributed by atoms with Crippen LogP contribution in [0.1, 0.15) is 22.2 Å². The summed E-state index contributed by atoms with van der Waals surface area (Å²) in [5.41, 5.74) is 0.842. The summed E-state index contributed by atoms with van der Waals surface area (Å²) in [6.07, 6.45) is -0.260. The molecule has 1 amide bonds. The van der Waals surface area contributed by atoms with E-state index in [0.29, 0.717) is 17.3 Å². The van der Waals surface area contributed by atoms with E-state index in [1.54, 1.807) is 31.4 Å². The summed E-state index contributed by atoms with van der Waals surface area (Å²) in [7, 11) is 1.59. The Morgan fingerprint density at radius 3 is 2.50 bits per heavy atom. The first kappa shape index (κ1) is 15.9. The third-order valence-corrected chi connectivity index (χ3v) is 3.82. The molecular formula is C18H17N3O3. The molecule has 6 heteroatoms. The number of nitrogens with zero attached hydrogens (tertiary/aromatic N) is 1. The Morgan fingerprint density at radius 2 is 1.79 bits per heavy atom. The number of hydrogen-bond acceptors (Lipinski definition) is 4. The maximum Gasteiger partial charge on any atom is 0.272 e. The molecule has 0 aliphatic carbocycles. The van der Waals surface area contributed by atoms with Crippen molar-refractivity contribution >= 4 is 16.7 Å². The standard InChI is InChI=1S/C18H17N3O3/c1-24-15(12-7-3-2-4-8-12)11-19-18(23)16-13-9-5-6-10-14(13)17(22)21-20-16/h2-10,15H,11H2,1H3,(H,19,23)(H,21,22). The van der Waals surface area contributed by atoms with Crippen molar-refractivity contribution in [2.75, 3.05) is 13.7 Å². The van der Waals surface area contributed by atoms with Gasteiger partial charge in [-0.05, 0) is 11.6 Å². The molecule has 0 saturated heterocycles. The number of H-pyrrole nitrogens is 1. The van der Waals surface area contributed by atoms with Crippen LogP contribution in [0.25, 0.3) is 10.8 Å². The van der Waals surface area contributed by atoms with Crippen LogP contribution >= 0.6 is 0 Å². The highest BCUT2D eigenvalue weighted by atomic mass is 16.5. The van der Waals surface area contributed by atoms with Crippen molar-refractivity contribution in [3.8, 4) is 0 Å². The lowest BCUT2D eigenvalue weighted by atomic mass is 10.1. The predicted octanol–water partition coefficient (Wildman–Crippen LogP) is 2.04. The van der Waals surface area contributed by atoms with Gasteiger partial charge in [0.15, 0.2) is 5.69 Å². The molecular weight excluding hydrogens is 306 g/mol. The van der Waals surface area contributed by atoms with Crippen molar-refractivity contribution < 1.29 is 9.53 Å². The Morgan fingerprint density at radius 1 is 1.12 bits per heavy atom. The zero-order chi connectivity index (χ0) is 16.9. The Balaban J connectivity index is 1.81. The van der Waals surface area contributed by atoms with Crippen molar-refractivity contribution in [1.82, 2.24) is 15.5 Å². The number of aromatic amines is 1. The molecule has 0 radical (unpaired) electrons. The van der Waals surface area contributed by atoms with Gasteiger partial charge in [-0.2, -0.15) is 5.10 Å². The normalized spacial score (nSPS) is 12.0. The summed E-state index contributed by atoms with van der Waals surface area (Å²) in [6, 6.07) is 16.5. The molecule has 2 N–H and O–H groups in total. The summed E-state index contributed by atoms with van der Waals surface area (Å²) in [5, 5.41) is 10.0. The number of carbonyl (C=O) groups excluding carboxylic acids is 1. The van der Waals surface area contributed by atoms with E-state index in [0.717, 1.165) is 5.56 Å². The van der Waals surface area contributed by atoms with Gasteiger partial charge in [-0.3, -0.25) is 9.59 Å². The Labute approximate surface area is 138 Å². The van der Waals surface area contributed by atoms with Gasteiger partial charge in [0.2, 0.25) is 0 Å². The molecule has 0 bridgehead atoms. The minimum atomic E-state index is -0.361. The van der Waals surface area contributed by atoms with Crippen molar-refractivity contribution in [3.63, 3.8) is 0 Å². The van der Waals surface area contributed by atoms with Crippen LogP contribution in [0.2, 0.25) is 0 Å². The van der Waals surface area contributed by atoms with Gasteiger partial charge in [0.1, 0.15) is 0 Å². The highest BCUT2D eigenvalue weighted by Crippen LogP contribution is 2.16. The summed E-state index contributed by atoms with van der Waals surface area (Å²) in [4.78, 5) is 24.3. The van der Waals surface area contributed by atoms with Gasteiger partial charge in [0.25, 0.3) is 11.5 Å². The van der Waals surface area contributed by atoms with Crippen LogP contribution < -0.4 is 10.9 Å². The van der Waals surface area contributed by atoms with Crippen LogP contribution in [0.3, 0.4) is 0 Å². The molecule has 2 aromatic carbocycles. The number of nitrogens with one attached hydrogen (secondary N) is 2. The van der Waals surface area contributed by atoms with Crippen molar-refractivity contribution in [2.24, 2.45) is 0 Å². The first-order valence-corrected chi connectivity index (χ1v) is 7.54. The monoisotopic (exact) mass is 323 g/mol. The maximum atomic E-state index is 12.5. The lowest BCUT2D eigenvalue weighted by Crippen LogP contribution is -2.31. The van der Waals surface area contributed by atoms with E-state index in [9.17, 15) is 9.59 Å². The van der Waals surface area contributed by atoms with Crippen molar-refractivity contribution in [1.29, 1.82) is 0 Å². The molecule has 0 aliphatic rings. The minimum Gasteiger partial charge on any atom is -0.375 e. The first-order valence-electron chi connectivity index (χ1n) is 7.54. The predicted molar refractivity (Wildman–Crippen MR) is 90.9 cm³/mol. The Kier molecular flexibility index (Phi) is 4.67. The first-order chi connectivity index (χ1) is 11.7. The molecule has 24 heavy (non-hydrogen) atoms. The Hall–Kier alpha value is -2.99. The van der Waals surface area contributed by atoms with Gasteiger partial charge < -0.3 is 10.1 Å². The highest BCUT2D eigenvalue weighted by molar-refractivity contribution is 6.04. The van der Waals surface area contributed by atoms with Crippen LogP contribution in [0.15, 0.2) is 59.4 Å². The fourth-order valence-corrected chi connectivity index (χ4v) is 2.56.